The van der Waals surface area contributed by atoms with Gasteiger partial charge in [-0.1, -0.05) is 26.0 Å². The molecule has 6 heteroatoms. The number of carbonyl (C=O) groups is 1. The maximum atomic E-state index is 11.8. The number of para-hydroxylation sites is 1. The fourth-order valence-electron chi connectivity index (χ4n) is 1.94. The van der Waals surface area contributed by atoms with Gasteiger partial charge in [0, 0.05) is 4.47 Å². The summed E-state index contributed by atoms with van der Waals surface area (Å²) in [6.07, 6.45) is 0. The van der Waals surface area contributed by atoms with E-state index in [4.69, 9.17) is 4.74 Å². The lowest BCUT2D eigenvalue weighted by Crippen LogP contribution is -2.06. The topological polar surface area (TPSA) is 44.1 Å². The van der Waals surface area contributed by atoms with Crippen LogP contribution in [0, 0.1) is 0 Å². The van der Waals surface area contributed by atoms with Gasteiger partial charge in [-0.25, -0.2) is 9.48 Å². The van der Waals surface area contributed by atoms with Crippen molar-refractivity contribution in [1.29, 1.82) is 0 Å². The minimum atomic E-state index is -0.454. The third-order valence-corrected chi connectivity index (χ3v) is 4.32. The predicted molar refractivity (Wildman–Crippen MR) is 84.4 cm³/mol. The molecular weight excluding hydrogens is 388 g/mol. The van der Waals surface area contributed by atoms with Gasteiger partial charge in [-0.2, -0.15) is 5.10 Å². The number of carbonyl (C=O) groups excluding carboxylic acids is 1. The Morgan fingerprint density at radius 3 is 2.50 bits per heavy atom. The van der Waals surface area contributed by atoms with Crippen LogP contribution in [0.3, 0.4) is 0 Å². The minimum absolute atomic E-state index is 0.197. The summed E-state index contributed by atoms with van der Waals surface area (Å²) in [4.78, 5) is 11.8. The van der Waals surface area contributed by atoms with E-state index in [-0.39, 0.29) is 11.6 Å². The summed E-state index contributed by atoms with van der Waals surface area (Å²) in [5.41, 5.74) is 2.09. The molecule has 1 heterocycles. The van der Waals surface area contributed by atoms with Gasteiger partial charge >= 0.3 is 5.97 Å². The molecule has 0 amide bonds. The molecule has 106 valence electrons. The number of hydrogen-bond acceptors (Lipinski definition) is 3. The summed E-state index contributed by atoms with van der Waals surface area (Å²) in [6.45, 7) is 4.10. The first-order valence-corrected chi connectivity index (χ1v) is 7.67. The third kappa shape index (κ3) is 2.67. The smallest absolute Gasteiger partial charge is 0.359 e. The van der Waals surface area contributed by atoms with Gasteiger partial charge in [0.2, 0.25) is 0 Å². The number of halogens is 2. The second-order valence-corrected chi connectivity index (χ2v) is 6.20. The number of ether oxygens (including phenoxy) is 1. The van der Waals surface area contributed by atoms with E-state index in [1.54, 1.807) is 4.68 Å². The molecule has 0 aliphatic carbocycles. The molecule has 1 aromatic heterocycles. The van der Waals surface area contributed by atoms with Crippen LogP contribution in [-0.4, -0.2) is 22.9 Å². The molecule has 0 aliphatic rings. The molecule has 0 aliphatic heterocycles. The van der Waals surface area contributed by atoms with Crippen LogP contribution in [0.1, 0.15) is 35.9 Å². The summed E-state index contributed by atoms with van der Waals surface area (Å²) >= 11 is 6.98. The van der Waals surface area contributed by atoms with E-state index in [1.807, 2.05) is 24.3 Å². The van der Waals surface area contributed by atoms with Gasteiger partial charge in [-0.15, -0.1) is 0 Å². The highest BCUT2D eigenvalue weighted by Gasteiger charge is 2.24. The van der Waals surface area contributed by atoms with Gasteiger partial charge in [0.15, 0.2) is 5.69 Å². The van der Waals surface area contributed by atoms with Crippen molar-refractivity contribution in [2.24, 2.45) is 0 Å². The quantitative estimate of drug-likeness (QED) is 0.720. The van der Waals surface area contributed by atoms with Gasteiger partial charge in [0.1, 0.15) is 0 Å². The number of hydrogen-bond donors (Lipinski definition) is 0. The number of benzene rings is 1. The average molecular weight is 402 g/mol. The van der Waals surface area contributed by atoms with Crippen LogP contribution in [0.15, 0.2) is 33.2 Å². The van der Waals surface area contributed by atoms with Crippen molar-refractivity contribution < 1.29 is 9.53 Å². The average Bonchev–Trinajstić information content (AvgIpc) is 2.76. The number of esters is 1. The highest BCUT2D eigenvalue weighted by Crippen LogP contribution is 2.32. The first-order chi connectivity index (χ1) is 9.47. The molecule has 0 N–H and O–H groups in total. The molecule has 0 radical (unpaired) electrons. The van der Waals surface area contributed by atoms with Gasteiger partial charge in [0.25, 0.3) is 0 Å². The summed E-state index contributed by atoms with van der Waals surface area (Å²) in [7, 11) is 1.35. The Labute approximate surface area is 134 Å². The minimum Gasteiger partial charge on any atom is -0.464 e. The summed E-state index contributed by atoms with van der Waals surface area (Å²) in [5.74, 6) is -0.257. The van der Waals surface area contributed by atoms with Crippen molar-refractivity contribution in [2.45, 2.75) is 19.8 Å². The van der Waals surface area contributed by atoms with Crippen molar-refractivity contribution in [3.05, 3.63) is 44.6 Å². The highest BCUT2D eigenvalue weighted by molar-refractivity contribution is 9.11. The highest BCUT2D eigenvalue weighted by atomic mass is 79.9. The van der Waals surface area contributed by atoms with Crippen molar-refractivity contribution in [3.63, 3.8) is 0 Å². The Morgan fingerprint density at radius 1 is 1.30 bits per heavy atom. The first-order valence-electron chi connectivity index (χ1n) is 6.09. The van der Waals surface area contributed by atoms with E-state index in [0.29, 0.717) is 4.47 Å². The molecule has 2 rings (SSSR count). The van der Waals surface area contributed by atoms with Crippen LogP contribution in [0.25, 0.3) is 5.69 Å². The summed E-state index contributed by atoms with van der Waals surface area (Å²) in [5, 5.41) is 4.40. The maximum Gasteiger partial charge on any atom is 0.359 e. The standard InChI is InChI=1S/C14H14Br2N2O2/c1-8(2)13-11(16)12(14(19)20-3)17-18(13)10-7-5-4-6-9(10)15/h4-8H,1-3H3. The zero-order valence-electron chi connectivity index (χ0n) is 11.4. The second kappa shape index (κ2) is 6.10. The van der Waals surface area contributed by atoms with Crippen LogP contribution < -0.4 is 0 Å². The number of methoxy groups -OCH3 is 1. The number of nitrogens with zero attached hydrogens (tertiary/aromatic N) is 2. The van der Waals surface area contributed by atoms with E-state index < -0.39 is 5.97 Å². The molecule has 20 heavy (non-hydrogen) atoms. The van der Waals surface area contributed by atoms with Crippen molar-refractivity contribution in [3.8, 4) is 5.69 Å². The molecule has 2 aromatic rings. The van der Waals surface area contributed by atoms with Crippen molar-refractivity contribution >= 4 is 37.8 Å². The van der Waals surface area contributed by atoms with Crippen LogP contribution in [-0.2, 0) is 4.74 Å². The molecule has 0 spiro atoms. The lowest BCUT2D eigenvalue weighted by molar-refractivity contribution is 0.0592. The van der Waals surface area contributed by atoms with Gasteiger partial charge in [0.05, 0.1) is 23.0 Å². The molecule has 0 atom stereocenters. The molecule has 0 fully saturated rings. The predicted octanol–water partition coefficient (Wildman–Crippen LogP) is 4.31. The Hall–Kier alpha value is -1.14. The fraction of sp³-hybridized carbons (Fsp3) is 0.286. The fourth-order valence-corrected chi connectivity index (χ4v) is 3.26. The van der Waals surface area contributed by atoms with E-state index in [2.05, 4.69) is 50.8 Å². The normalized spacial score (nSPS) is 10.9. The molecule has 0 bridgehead atoms. The van der Waals surface area contributed by atoms with E-state index >= 15 is 0 Å². The summed E-state index contributed by atoms with van der Waals surface area (Å²) in [6, 6.07) is 7.74. The largest absolute Gasteiger partial charge is 0.464 e. The monoisotopic (exact) mass is 400 g/mol. The molecule has 0 saturated carbocycles. The lowest BCUT2D eigenvalue weighted by Gasteiger charge is -2.12. The molecule has 1 aromatic carbocycles. The van der Waals surface area contributed by atoms with Crippen molar-refractivity contribution in [2.75, 3.05) is 7.11 Å². The van der Waals surface area contributed by atoms with Crippen molar-refractivity contribution in [1.82, 2.24) is 9.78 Å². The Balaban J connectivity index is 2.70. The van der Waals surface area contributed by atoms with E-state index in [0.717, 1.165) is 15.9 Å². The Morgan fingerprint density at radius 2 is 1.95 bits per heavy atom. The second-order valence-electron chi connectivity index (χ2n) is 4.56. The van der Waals surface area contributed by atoms with Crippen LogP contribution in [0.5, 0.6) is 0 Å². The zero-order chi connectivity index (χ0) is 14.9. The van der Waals surface area contributed by atoms with Crippen LogP contribution in [0.2, 0.25) is 0 Å². The zero-order valence-corrected chi connectivity index (χ0v) is 14.5. The molecule has 0 saturated heterocycles. The van der Waals surface area contributed by atoms with E-state index in [9.17, 15) is 4.79 Å². The molecule has 4 nitrogen and oxygen atoms in total. The third-order valence-electron chi connectivity index (χ3n) is 2.87. The Bertz CT molecular complexity index is 651. The molecule has 0 unspecified atom stereocenters. The first kappa shape index (κ1) is 15.3. The van der Waals surface area contributed by atoms with Gasteiger partial charge < -0.3 is 4.74 Å². The van der Waals surface area contributed by atoms with Crippen LogP contribution in [0.4, 0.5) is 0 Å². The molecular formula is C14H14Br2N2O2. The maximum absolute atomic E-state index is 11.8. The van der Waals surface area contributed by atoms with Gasteiger partial charge in [-0.3, -0.25) is 0 Å². The summed E-state index contributed by atoms with van der Waals surface area (Å²) < 4.78 is 8.13. The van der Waals surface area contributed by atoms with Crippen LogP contribution >= 0.6 is 31.9 Å². The lowest BCUT2D eigenvalue weighted by atomic mass is 10.1. The number of rotatable bonds is 3. The SMILES string of the molecule is COC(=O)c1nn(-c2ccccc2Br)c(C(C)C)c1Br. The van der Waals surface area contributed by atoms with E-state index in [1.165, 1.54) is 7.11 Å². The van der Waals surface area contributed by atoms with Gasteiger partial charge in [-0.05, 0) is 49.9 Å². The Kier molecular flexibility index (Phi) is 4.65. The number of aromatic nitrogens is 2.